The molecule has 62 valence electrons. The molecule has 0 radical (unpaired) electrons. The Morgan fingerprint density at radius 1 is 1.08 bits per heavy atom. The Balaban J connectivity index is 0. The standard InChI is InChI=1S/C4H2BN3O4.Na.H/c6-1-4(2-7,3-8)11-12-5(9)10;;/h9-10H;;. The van der Waals surface area contributed by atoms with Crippen molar-refractivity contribution in [3.05, 3.63) is 0 Å². The van der Waals surface area contributed by atoms with Crippen LogP contribution in [0.1, 0.15) is 0 Å². The molecule has 0 aromatic rings. The van der Waals surface area contributed by atoms with Gasteiger partial charge in [-0.05, 0) is 0 Å². The summed E-state index contributed by atoms with van der Waals surface area (Å²) < 4.78 is 0. The van der Waals surface area contributed by atoms with Crippen molar-refractivity contribution in [1.29, 1.82) is 15.8 Å². The Hall–Kier alpha value is -0.625. The van der Waals surface area contributed by atoms with E-state index in [1.54, 1.807) is 0 Å². The minimum absolute atomic E-state index is 0. The molecule has 0 bridgehead atoms. The zero-order chi connectivity index (χ0) is 9.61. The Morgan fingerprint density at radius 3 is 1.69 bits per heavy atom. The van der Waals surface area contributed by atoms with Gasteiger partial charge in [0.25, 0.3) is 0 Å². The van der Waals surface area contributed by atoms with E-state index in [-0.39, 0.29) is 29.6 Å². The van der Waals surface area contributed by atoms with Crippen LogP contribution in [0.4, 0.5) is 0 Å². The molecule has 0 unspecified atom stereocenters. The van der Waals surface area contributed by atoms with Crippen LogP contribution in [0.25, 0.3) is 0 Å². The van der Waals surface area contributed by atoms with E-state index in [1.807, 2.05) is 0 Å². The first-order valence-electron chi connectivity index (χ1n) is 2.54. The van der Waals surface area contributed by atoms with Crippen LogP contribution in [0, 0.1) is 34.0 Å². The molecule has 0 amide bonds. The molecule has 13 heavy (non-hydrogen) atoms. The molecule has 0 saturated heterocycles. The van der Waals surface area contributed by atoms with Gasteiger partial charge < -0.3 is 10.0 Å². The molecule has 0 aromatic carbocycles. The Kier molecular flexibility index (Phi) is 7.83. The van der Waals surface area contributed by atoms with Crippen molar-refractivity contribution in [2.45, 2.75) is 5.60 Å². The number of rotatable bonds is 3. The number of hydrogen-bond donors (Lipinski definition) is 2. The minimum atomic E-state index is -2.47. The molecule has 0 aromatic heterocycles. The van der Waals surface area contributed by atoms with Crippen molar-refractivity contribution in [1.82, 2.24) is 0 Å². The monoisotopic (exact) mass is 191 g/mol. The Bertz CT molecular complexity index is 241. The van der Waals surface area contributed by atoms with Gasteiger partial charge in [0.05, 0.1) is 0 Å². The molecule has 0 heterocycles. The van der Waals surface area contributed by atoms with E-state index in [9.17, 15) is 0 Å². The van der Waals surface area contributed by atoms with Gasteiger partial charge in [0.1, 0.15) is 18.2 Å². The second-order valence-corrected chi connectivity index (χ2v) is 1.52. The van der Waals surface area contributed by atoms with Crippen LogP contribution in [-0.4, -0.2) is 52.5 Å². The average molecular weight is 191 g/mol. The van der Waals surface area contributed by atoms with E-state index in [2.05, 4.69) is 9.69 Å². The van der Waals surface area contributed by atoms with Gasteiger partial charge in [-0.3, -0.25) is 0 Å². The average Bonchev–Trinajstić information content (AvgIpc) is 2.08. The third-order valence-corrected chi connectivity index (χ3v) is 0.732. The van der Waals surface area contributed by atoms with Gasteiger partial charge in [-0.15, -0.1) is 0 Å². The molecule has 0 saturated carbocycles. The number of hydrogen-bond acceptors (Lipinski definition) is 7. The van der Waals surface area contributed by atoms with Crippen LogP contribution in [0.15, 0.2) is 0 Å². The zero-order valence-electron chi connectivity index (χ0n) is 5.63. The molecule has 0 rings (SSSR count). The van der Waals surface area contributed by atoms with Crippen LogP contribution >= 0.6 is 0 Å². The van der Waals surface area contributed by atoms with Crippen LogP contribution in [0.2, 0.25) is 0 Å². The second kappa shape index (κ2) is 6.84. The summed E-state index contributed by atoms with van der Waals surface area (Å²) in [6.07, 6.45) is 0. The topological polar surface area (TPSA) is 130 Å². The first kappa shape index (κ1) is 14.9. The van der Waals surface area contributed by atoms with Gasteiger partial charge in [-0.2, -0.15) is 20.7 Å². The maximum atomic E-state index is 8.23. The van der Waals surface area contributed by atoms with Gasteiger partial charge in [0.15, 0.2) is 0 Å². The fourth-order valence-electron chi connectivity index (χ4n) is 0.246. The van der Waals surface area contributed by atoms with Crippen molar-refractivity contribution < 1.29 is 19.7 Å². The summed E-state index contributed by atoms with van der Waals surface area (Å²) in [7, 11) is -2.31. The molecule has 0 aliphatic heterocycles. The molecule has 2 N–H and O–H groups in total. The van der Waals surface area contributed by atoms with Crippen molar-refractivity contribution in [2.24, 2.45) is 0 Å². The number of nitrogens with zero attached hydrogens (tertiary/aromatic N) is 3. The third-order valence-electron chi connectivity index (χ3n) is 0.732. The molecule has 0 spiro atoms. The van der Waals surface area contributed by atoms with Gasteiger partial charge in [0.2, 0.25) is 0 Å². The molecular weight excluding hydrogens is 188 g/mol. The van der Waals surface area contributed by atoms with Crippen LogP contribution in [-0.2, 0) is 9.69 Å². The van der Waals surface area contributed by atoms with E-state index in [1.165, 1.54) is 18.2 Å². The summed E-state index contributed by atoms with van der Waals surface area (Å²) in [4.78, 5) is 7.48. The predicted molar refractivity (Wildman–Crippen MR) is 39.1 cm³/mol. The van der Waals surface area contributed by atoms with E-state index < -0.39 is 12.9 Å². The molecule has 0 aliphatic carbocycles. The van der Waals surface area contributed by atoms with Crippen LogP contribution in [0.3, 0.4) is 0 Å². The summed E-state index contributed by atoms with van der Waals surface area (Å²) in [5, 5.41) is 40.8. The molecular formula is C4H3BN3NaO4. The zero-order valence-corrected chi connectivity index (χ0v) is 5.63. The summed E-state index contributed by atoms with van der Waals surface area (Å²) in [6.45, 7) is 0. The van der Waals surface area contributed by atoms with E-state index >= 15 is 0 Å². The SMILES string of the molecule is N#CC(C#N)(C#N)OOB(O)O.[NaH]. The fraction of sp³-hybridized carbons (Fsp3) is 0.250. The number of nitriles is 3. The summed E-state index contributed by atoms with van der Waals surface area (Å²) in [5.74, 6) is 0. The van der Waals surface area contributed by atoms with Gasteiger partial charge >= 0.3 is 42.5 Å². The Labute approximate surface area is 96.1 Å². The van der Waals surface area contributed by atoms with Crippen molar-refractivity contribution >= 4 is 36.9 Å². The van der Waals surface area contributed by atoms with Crippen molar-refractivity contribution in [2.75, 3.05) is 0 Å². The first-order valence-corrected chi connectivity index (χ1v) is 2.54. The molecule has 0 fully saturated rings. The van der Waals surface area contributed by atoms with E-state index in [0.29, 0.717) is 0 Å². The molecule has 9 heteroatoms. The summed E-state index contributed by atoms with van der Waals surface area (Å²) in [5.41, 5.74) is -2.47. The normalized spacial score (nSPS) is 8.54. The van der Waals surface area contributed by atoms with Crippen molar-refractivity contribution in [3.63, 3.8) is 0 Å². The quantitative estimate of drug-likeness (QED) is 0.288. The van der Waals surface area contributed by atoms with Crippen LogP contribution in [0.5, 0.6) is 0 Å². The summed E-state index contributed by atoms with van der Waals surface area (Å²) >= 11 is 0. The fourth-order valence-corrected chi connectivity index (χ4v) is 0.246. The predicted octanol–water partition coefficient (Wildman–Crippen LogP) is -2.43. The van der Waals surface area contributed by atoms with Crippen LogP contribution < -0.4 is 0 Å². The first-order chi connectivity index (χ1) is 5.60. The van der Waals surface area contributed by atoms with E-state index in [4.69, 9.17) is 25.8 Å². The third kappa shape index (κ3) is 4.84. The van der Waals surface area contributed by atoms with Crippen molar-refractivity contribution in [3.8, 4) is 18.2 Å². The van der Waals surface area contributed by atoms with Gasteiger partial charge in [-0.1, -0.05) is 0 Å². The van der Waals surface area contributed by atoms with Gasteiger partial charge in [0, 0.05) is 0 Å². The molecule has 7 nitrogen and oxygen atoms in total. The molecule has 0 atom stereocenters. The Morgan fingerprint density at radius 2 is 1.46 bits per heavy atom. The van der Waals surface area contributed by atoms with E-state index in [0.717, 1.165) is 0 Å². The molecule has 0 aliphatic rings. The maximum absolute atomic E-state index is 8.23. The second-order valence-electron chi connectivity index (χ2n) is 1.52. The van der Waals surface area contributed by atoms with Gasteiger partial charge in [-0.25, -0.2) is 4.81 Å². The summed E-state index contributed by atoms with van der Waals surface area (Å²) in [6, 6.07) is 3.54.